The highest BCUT2D eigenvalue weighted by atomic mass is 32.2. The highest BCUT2D eigenvalue weighted by molar-refractivity contribution is 8.30. The quantitative estimate of drug-likeness (QED) is 0.618. The van der Waals surface area contributed by atoms with Crippen molar-refractivity contribution in [3.05, 3.63) is 24.2 Å². The predicted molar refractivity (Wildman–Crippen MR) is 70.5 cm³/mol. The maximum Gasteiger partial charge on any atom is 0.164 e. The van der Waals surface area contributed by atoms with Gasteiger partial charge in [-0.3, -0.25) is 3.97 Å². The van der Waals surface area contributed by atoms with E-state index in [4.69, 9.17) is 6.42 Å². The number of terminal acetylenes is 1. The van der Waals surface area contributed by atoms with Crippen LogP contribution in [0.25, 0.3) is 0 Å². The van der Waals surface area contributed by atoms with Gasteiger partial charge in [0.05, 0.1) is 6.20 Å². The number of nitrogens with zero attached hydrogens (tertiary/aromatic N) is 3. The standard InChI is InChI=1S/C12H13N3OS/c1-2-11(16)17-12(9-5-3-4-6-9)14-10-7-13-8-15(10)17/h1,5,7-8,11,16-17H,3-4,6H2. The number of aliphatic hydroxyl groups is 1. The minimum atomic E-state index is -1.00. The van der Waals surface area contributed by atoms with Crippen molar-refractivity contribution in [2.75, 3.05) is 0 Å². The van der Waals surface area contributed by atoms with E-state index in [1.807, 2.05) is 3.97 Å². The lowest BCUT2D eigenvalue weighted by Gasteiger charge is -2.22. The van der Waals surface area contributed by atoms with E-state index in [-0.39, 0.29) is 0 Å². The fraction of sp³-hybridized carbons (Fsp3) is 0.333. The van der Waals surface area contributed by atoms with E-state index in [9.17, 15) is 5.11 Å². The minimum Gasteiger partial charge on any atom is -0.371 e. The van der Waals surface area contributed by atoms with Gasteiger partial charge in [0, 0.05) is 0 Å². The number of aliphatic imine (C=N–C) groups is 1. The van der Waals surface area contributed by atoms with Crippen molar-refractivity contribution < 1.29 is 5.11 Å². The molecule has 0 amide bonds. The molecule has 2 atom stereocenters. The van der Waals surface area contributed by atoms with E-state index >= 15 is 0 Å². The molecule has 88 valence electrons. The fourth-order valence-corrected chi connectivity index (χ4v) is 4.19. The smallest absolute Gasteiger partial charge is 0.164 e. The van der Waals surface area contributed by atoms with Crippen LogP contribution in [0.4, 0.5) is 5.82 Å². The first kappa shape index (κ1) is 10.6. The molecular weight excluding hydrogens is 234 g/mol. The molecule has 1 aliphatic heterocycles. The molecule has 17 heavy (non-hydrogen) atoms. The molecule has 1 aliphatic carbocycles. The molecule has 0 bridgehead atoms. The van der Waals surface area contributed by atoms with Crippen molar-refractivity contribution >= 4 is 21.9 Å². The number of aromatic nitrogens is 2. The monoisotopic (exact) mass is 247 g/mol. The maximum atomic E-state index is 9.99. The zero-order valence-electron chi connectivity index (χ0n) is 9.24. The lowest BCUT2D eigenvalue weighted by atomic mass is 10.2. The molecule has 1 aromatic heterocycles. The Balaban J connectivity index is 2.04. The molecule has 0 radical (unpaired) electrons. The van der Waals surface area contributed by atoms with Gasteiger partial charge < -0.3 is 5.11 Å². The Bertz CT molecular complexity index is 552. The third-order valence-corrected chi connectivity index (χ3v) is 5.19. The van der Waals surface area contributed by atoms with Gasteiger partial charge in [0.15, 0.2) is 11.3 Å². The van der Waals surface area contributed by atoms with E-state index < -0.39 is 16.5 Å². The van der Waals surface area contributed by atoms with E-state index in [0.29, 0.717) is 0 Å². The van der Waals surface area contributed by atoms with Crippen molar-refractivity contribution in [3.63, 3.8) is 0 Å². The van der Waals surface area contributed by atoms with Crippen LogP contribution < -0.4 is 0 Å². The molecule has 2 heterocycles. The van der Waals surface area contributed by atoms with Gasteiger partial charge in [0.1, 0.15) is 11.4 Å². The number of hydrogen-bond acceptors (Lipinski definition) is 3. The van der Waals surface area contributed by atoms with E-state index in [2.05, 4.69) is 22.0 Å². The predicted octanol–water partition coefficient (Wildman–Crippen LogP) is 1.75. The number of imidazole rings is 1. The molecule has 0 saturated heterocycles. The summed E-state index contributed by atoms with van der Waals surface area (Å²) in [6, 6.07) is 0. The Morgan fingerprint density at radius 3 is 3.18 bits per heavy atom. The molecule has 1 aromatic rings. The number of allylic oxidation sites excluding steroid dienone is 1. The molecule has 3 rings (SSSR count). The molecule has 0 fully saturated rings. The second-order valence-corrected chi connectivity index (χ2v) is 6.07. The first-order chi connectivity index (χ1) is 8.31. The van der Waals surface area contributed by atoms with Crippen LogP contribution in [0.15, 0.2) is 29.2 Å². The number of thiol groups is 1. The third-order valence-electron chi connectivity index (χ3n) is 2.98. The summed E-state index contributed by atoms with van der Waals surface area (Å²) in [7, 11) is 0. The largest absolute Gasteiger partial charge is 0.371 e. The third kappa shape index (κ3) is 1.61. The molecule has 5 heteroatoms. The fourth-order valence-electron chi connectivity index (χ4n) is 2.19. The normalized spacial score (nSPS) is 26.0. The van der Waals surface area contributed by atoms with Crippen molar-refractivity contribution in [1.82, 2.24) is 8.96 Å². The van der Waals surface area contributed by atoms with Crippen LogP contribution in [0.3, 0.4) is 0 Å². The highest BCUT2D eigenvalue weighted by Gasteiger charge is 2.31. The Hall–Kier alpha value is -1.51. The first-order valence-corrected chi connectivity index (χ1v) is 6.92. The summed E-state index contributed by atoms with van der Waals surface area (Å²) in [5, 5.41) is 11.0. The first-order valence-electron chi connectivity index (χ1n) is 5.55. The van der Waals surface area contributed by atoms with Gasteiger partial charge in [-0.05, 0) is 24.8 Å². The summed E-state index contributed by atoms with van der Waals surface area (Å²) < 4.78 is 1.91. The molecule has 0 aromatic carbocycles. The average Bonchev–Trinajstić information content (AvgIpc) is 3.02. The van der Waals surface area contributed by atoms with Crippen LogP contribution in [0.1, 0.15) is 19.3 Å². The van der Waals surface area contributed by atoms with Gasteiger partial charge in [-0.25, -0.2) is 9.98 Å². The molecular formula is C12H13N3OS. The molecule has 0 spiro atoms. The topological polar surface area (TPSA) is 50.4 Å². The van der Waals surface area contributed by atoms with E-state index in [1.165, 1.54) is 5.57 Å². The lowest BCUT2D eigenvalue weighted by molar-refractivity contribution is 0.316. The van der Waals surface area contributed by atoms with Crippen LogP contribution in [-0.2, 0) is 0 Å². The highest BCUT2D eigenvalue weighted by Crippen LogP contribution is 2.47. The van der Waals surface area contributed by atoms with Crippen molar-refractivity contribution in [1.29, 1.82) is 0 Å². The second-order valence-electron chi connectivity index (χ2n) is 4.04. The summed E-state index contributed by atoms with van der Waals surface area (Å²) in [5.41, 5.74) is 0.454. The molecule has 2 aliphatic rings. The van der Waals surface area contributed by atoms with Crippen molar-refractivity contribution in [2.45, 2.75) is 24.7 Å². The molecule has 0 saturated carbocycles. The van der Waals surface area contributed by atoms with Gasteiger partial charge in [-0.15, -0.1) is 6.42 Å². The Morgan fingerprint density at radius 2 is 2.47 bits per heavy atom. The SMILES string of the molecule is C#CC(O)[SH]1C(C2=CCCC2)=Nc2cncn21. The minimum absolute atomic E-state index is 0.791. The molecule has 2 unspecified atom stereocenters. The second kappa shape index (κ2) is 4.06. The summed E-state index contributed by atoms with van der Waals surface area (Å²) in [4.78, 5) is 8.61. The van der Waals surface area contributed by atoms with Crippen molar-refractivity contribution in [2.24, 2.45) is 4.99 Å². The summed E-state index contributed by atoms with van der Waals surface area (Å²) in [6.07, 6.45) is 14.3. The summed E-state index contributed by atoms with van der Waals surface area (Å²) >= 11 is -1.00. The van der Waals surface area contributed by atoms with Crippen LogP contribution in [0, 0.1) is 12.3 Å². The van der Waals surface area contributed by atoms with Crippen LogP contribution in [0.5, 0.6) is 0 Å². The van der Waals surface area contributed by atoms with E-state index in [1.54, 1.807) is 12.5 Å². The summed E-state index contributed by atoms with van der Waals surface area (Å²) in [6.45, 7) is 0. The number of rotatable bonds is 2. The van der Waals surface area contributed by atoms with Gasteiger partial charge >= 0.3 is 0 Å². The average molecular weight is 247 g/mol. The Morgan fingerprint density at radius 1 is 1.59 bits per heavy atom. The maximum absolute atomic E-state index is 9.99. The zero-order chi connectivity index (χ0) is 11.8. The Labute approximate surface area is 103 Å². The van der Waals surface area contributed by atoms with Crippen LogP contribution in [0.2, 0.25) is 0 Å². The Kier molecular flexibility index (Phi) is 2.54. The van der Waals surface area contributed by atoms with Gasteiger partial charge in [-0.2, -0.15) is 0 Å². The van der Waals surface area contributed by atoms with Crippen LogP contribution in [-0.4, -0.2) is 24.5 Å². The molecule has 1 N–H and O–H groups in total. The molecule has 4 nitrogen and oxygen atoms in total. The van der Waals surface area contributed by atoms with Gasteiger partial charge in [-0.1, -0.05) is 23.1 Å². The van der Waals surface area contributed by atoms with Crippen molar-refractivity contribution in [3.8, 4) is 12.3 Å². The van der Waals surface area contributed by atoms with E-state index in [0.717, 1.165) is 30.1 Å². The lowest BCUT2D eigenvalue weighted by Crippen LogP contribution is -2.15. The summed E-state index contributed by atoms with van der Waals surface area (Å²) in [5.74, 6) is 3.22. The zero-order valence-corrected chi connectivity index (χ0v) is 10.1. The van der Waals surface area contributed by atoms with Crippen LogP contribution >= 0.6 is 11.1 Å². The number of aliphatic hydroxyl groups excluding tert-OH is 1. The number of hydrogen-bond donors (Lipinski definition) is 2. The van der Waals surface area contributed by atoms with Gasteiger partial charge in [0.25, 0.3) is 0 Å². The van der Waals surface area contributed by atoms with Gasteiger partial charge in [0.2, 0.25) is 0 Å². The number of fused-ring (bicyclic) bond motifs is 1.